The molecule has 0 radical (unpaired) electrons. The highest BCUT2D eigenvalue weighted by Gasteiger charge is 2.23. The van der Waals surface area contributed by atoms with Crippen LogP contribution < -0.4 is 10.1 Å². The first-order chi connectivity index (χ1) is 9.38. The fraction of sp³-hybridized carbons (Fsp3) is 0.438. The van der Waals surface area contributed by atoms with E-state index in [2.05, 4.69) is 5.32 Å². The van der Waals surface area contributed by atoms with E-state index in [1.807, 2.05) is 58.0 Å². The highest BCUT2D eigenvalue weighted by molar-refractivity contribution is 5.76. The number of nitrogens with one attached hydrogen (secondary N) is 1. The number of ether oxygens (including phenoxy) is 1. The van der Waals surface area contributed by atoms with Crippen molar-refractivity contribution in [3.05, 3.63) is 36.0 Å². The first kappa shape index (κ1) is 16.1. The predicted molar refractivity (Wildman–Crippen MR) is 82.7 cm³/mol. The summed E-state index contributed by atoms with van der Waals surface area (Å²) in [6.07, 6.45) is 3.50. The van der Waals surface area contributed by atoms with Gasteiger partial charge in [0.2, 0.25) is 0 Å². The Hall–Kier alpha value is -1.97. The summed E-state index contributed by atoms with van der Waals surface area (Å²) in [4.78, 5) is 13.9. The van der Waals surface area contributed by atoms with Crippen molar-refractivity contribution in [1.82, 2.24) is 10.2 Å². The molecule has 1 aromatic carbocycles. The first-order valence-electron chi connectivity index (χ1n) is 6.77. The Morgan fingerprint density at radius 1 is 1.40 bits per heavy atom. The van der Waals surface area contributed by atoms with Crippen LogP contribution in [0.4, 0.5) is 4.79 Å². The summed E-state index contributed by atoms with van der Waals surface area (Å²) < 4.78 is 5.15. The van der Waals surface area contributed by atoms with Gasteiger partial charge >= 0.3 is 6.03 Å². The van der Waals surface area contributed by atoms with Crippen LogP contribution in [0.15, 0.2) is 30.5 Å². The Kier molecular flexibility index (Phi) is 5.62. The molecule has 0 fully saturated rings. The van der Waals surface area contributed by atoms with Crippen molar-refractivity contribution in [2.45, 2.75) is 33.2 Å². The summed E-state index contributed by atoms with van der Waals surface area (Å²) in [6.45, 7) is 8.69. The van der Waals surface area contributed by atoms with Crippen molar-refractivity contribution in [2.75, 3.05) is 13.7 Å². The molecule has 1 aromatic rings. The second-order valence-electron chi connectivity index (χ2n) is 5.47. The maximum Gasteiger partial charge on any atom is 0.321 e. The Balaban J connectivity index is 2.66. The molecular weight excluding hydrogens is 252 g/mol. The number of hydrogen-bond donors (Lipinski definition) is 1. The Morgan fingerprint density at radius 3 is 2.65 bits per heavy atom. The lowest BCUT2D eigenvalue weighted by Crippen LogP contribution is -2.48. The molecule has 1 N–H and O–H groups in total. The van der Waals surface area contributed by atoms with Crippen molar-refractivity contribution in [3.8, 4) is 5.75 Å². The van der Waals surface area contributed by atoms with Gasteiger partial charge in [0, 0.05) is 18.3 Å². The van der Waals surface area contributed by atoms with E-state index in [0.717, 1.165) is 11.3 Å². The van der Waals surface area contributed by atoms with E-state index in [9.17, 15) is 4.79 Å². The minimum Gasteiger partial charge on any atom is -0.497 e. The van der Waals surface area contributed by atoms with Crippen LogP contribution in [0.1, 0.15) is 33.3 Å². The molecular formula is C16H24N2O2. The third-order valence-corrected chi connectivity index (χ3v) is 2.95. The third kappa shape index (κ3) is 4.61. The van der Waals surface area contributed by atoms with Gasteiger partial charge in [0.25, 0.3) is 0 Å². The van der Waals surface area contributed by atoms with Gasteiger partial charge in [-0.25, -0.2) is 4.79 Å². The number of carbonyl (C=O) groups is 1. The quantitative estimate of drug-likeness (QED) is 0.914. The lowest BCUT2D eigenvalue weighted by atomic mass is 10.1. The zero-order valence-electron chi connectivity index (χ0n) is 12.9. The van der Waals surface area contributed by atoms with Crippen LogP contribution in [0.3, 0.4) is 0 Å². The highest BCUT2D eigenvalue weighted by Crippen LogP contribution is 2.14. The van der Waals surface area contributed by atoms with E-state index in [4.69, 9.17) is 4.74 Å². The van der Waals surface area contributed by atoms with Crippen LogP contribution >= 0.6 is 0 Å². The largest absolute Gasteiger partial charge is 0.497 e. The van der Waals surface area contributed by atoms with Gasteiger partial charge in [0.15, 0.2) is 0 Å². The molecule has 0 bridgehead atoms. The molecule has 4 nitrogen and oxygen atoms in total. The van der Waals surface area contributed by atoms with E-state index in [1.165, 1.54) is 0 Å². The van der Waals surface area contributed by atoms with E-state index in [1.54, 1.807) is 18.2 Å². The number of amides is 2. The molecule has 110 valence electrons. The van der Waals surface area contributed by atoms with Crippen molar-refractivity contribution in [1.29, 1.82) is 0 Å². The smallest absolute Gasteiger partial charge is 0.321 e. The molecule has 1 rings (SSSR count). The molecule has 0 unspecified atom stereocenters. The molecule has 0 atom stereocenters. The zero-order chi connectivity index (χ0) is 15.2. The zero-order valence-corrected chi connectivity index (χ0v) is 12.9. The normalized spacial score (nSPS) is 11.4. The number of methoxy groups -OCH3 is 1. The van der Waals surface area contributed by atoms with Crippen molar-refractivity contribution in [2.24, 2.45) is 0 Å². The topological polar surface area (TPSA) is 41.6 Å². The second kappa shape index (κ2) is 6.98. The first-order valence-corrected chi connectivity index (χ1v) is 6.77. The van der Waals surface area contributed by atoms with Gasteiger partial charge in [-0.2, -0.15) is 0 Å². The molecule has 4 heteroatoms. The Bertz CT molecular complexity index is 476. The summed E-state index contributed by atoms with van der Waals surface area (Å²) in [5.74, 6) is 0.795. The average molecular weight is 276 g/mol. The minimum absolute atomic E-state index is 0.0980. The van der Waals surface area contributed by atoms with Gasteiger partial charge in [-0.15, -0.1) is 0 Å². The molecule has 0 saturated carbocycles. The molecule has 0 saturated heterocycles. The van der Waals surface area contributed by atoms with Gasteiger partial charge in [-0.3, -0.25) is 0 Å². The van der Waals surface area contributed by atoms with Crippen LogP contribution in [0, 0.1) is 0 Å². The van der Waals surface area contributed by atoms with E-state index in [0.29, 0.717) is 6.54 Å². The van der Waals surface area contributed by atoms with Gasteiger partial charge in [0.1, 0.15) is 5.75 Å². The number of carbonyl (C=O) groups excluding carboxylic acids is 1. The maximum atomic E-state index is 12.1. The second-order valence-corrected chi connectivity index (χ2v) is 5.47. The van der Waals surface area contributed by atoms with Crippen molar-refractivity contribution in [3.63, 3.8) is 0 Å². The summed E-state index contributed by atoms with van der Waals surface area (Å²) in [6, 6.07) is 7.55. The van der Waals surface area contributed by atoms with Gasteiger partial charge in [-0.1, -0.05) is 12.1 Å². The van der Waals surface area contributed by atoms with Gasteiger partial charge in [0.05, 0.1) is 7.11 Å². The van der Waals surface area contributed by atoms with Crippen LogP contribution in [0.25, 0.3) is 6.08 Å². The SMILES string of the molecule is CCN(C(=O)N/C=C/c1cccc(OC)c1)C(C)(C)C. The van der Waals surface area contributed by atoms with E-state index < -0.39 is 0 Å². The number of rotatable bonds is 4. The molecule has 0 aliphatic carbocycles. The fourth-order valence-electron chi connectivity index (χ4n) is 1.95. The maximum absolute atomic E-state index is 12.1. The summed E-state index contributed by atoms with van der Waals surface area (Å²) in [7, 11) is 1.63. The van der Waals surface area contributed by atoms with Crippen molar-refractivity contribution >= 4 is 12.1 Å². The molecule has 20 heavy (non-hydrogen) atoms. The van der Waals surface area contributed by atoms with E-state index >= 15 is 0 Å². The summed E-state index contributed by atoms with van der Waals surface area (Å²) in [5, 5.41) is 2.79. The Labute approximate surface area is 121 Å². The molecule has 0 heterocycles. The van der Waals surface area contributed by atoms with Crippen LogP contribution in [-0.2, 0) is 0 Å². The third-order valence-electron chi connectivity index (χ3n) is 2.95. The van der Waals surface area contributed by atoms with Crippen LogP contribution in [-0.4, -0.2) is 30.1 Å². The highest BCUT2D eigenvalue weighted by atomic mass is 16.5. The molecule has 2 amide bonds. The number of urea groups is 1. The van der Waals surface area contributed by atoms with E-state index in [-0.39, 0.29) is 11.6 Å². The number of nitrogens with zero attached hydrogens (tertiary/aromatic N) is 1. The summed E-state index contributed by atoms with van der Waals surface area (Å²) >= 11 is 0. The number of hydrogen-bond acceptors (Lipinski definition) is 2. The summed E-state index contributed by atoms with van der Waals surface area (Å²) in [5.41, 5.74) is 0.784. The lowest BCUT2D eigenvalue weighted by Gasteiger charge is -2.34. The lowest BCUT2D eigenvalue weighted by molar-refractivity contribution is 0.153. The number of benzene rings is 1. The van der Waals surface area contributed by atoms with Crippen LogP contribution in [0.5, 0.6) is 5.75 Å². The van der Waals surface area contributed by atoms with Crippen LogP contribution in [0.2, 0.25) is 0 Å². The molecule has 0 aliphatic rings. The molecule has 0 aliphatic heterocycles. The van der Waals surface area contributed by atoms with Gasteiger partial charge in [-0.05, 0) is 51.5 Å². The van der Waals surface area contributed by atoms with Gasteiger partial charge < -0.3 is 15.0 Å². The fourth-order valence-corrected chi connectivity index (χ4v) is 1.95. The predicted octanol–water partition coefficient (Wildman–Crippen LogP) is 3.50. The minimum atomic E-state index is -0.192. The molecule has 0 spiro atoms. The Morgan fingerprint density at radius 2 is 2.10 bits per heavy atom. The standard InChI is InChI=1S/C16H24N2O2/c1-6-18(16(2,3)4)15(19)17-11-10-13-8-7-9-14(12-13)20-5/h7-12H,6H2,1-5H3,(H,17,19)/b11-10+. The monoisotopic (exact) mass is 276 g/mol. The molecule has 0 aromatic heterocycles. The van der Waals surface area contributed by atoms with Crippen molar-refractivity contribution < 1.29 is 9.53 Å². The average Bonchev–Trinajstić information content (AvgIpc) is 2.38.